The average Bonchev–Trinajstić information content (AvgIpc) is 2.57. The smallest absolute Gasteiger partial charge is 0.265 e. The molecule has 0 spiro atoms. The first kappa shape index (κ1) is 16.5. The van der Waals surface area contributed by atoms with Gasteiger partial charge in [0.1, 0.15) is 11.5 Å². The van der Waals surface area contributed by atoms with Crippen molar-refractivity contribution in [2.45, 2.75) is 13.5 Å². The van der Waals surface area contributed by atoms with Crippen molar-refractivity contribution in [3.05, 3.63) is 69.1 Å². The van der Waals surface area contributed by atoms with Gasteiger partial charge < -0.3 is 9.64 Å². The normalized spacial score (nSPS) is 11.0. The summed E-state index contributed by atoms with van der Waals surface area (Å²) in [6.07, 6.45) is 1.72. The molecule has 6 heteroatoms. The zero-order chi connectivity index (χ0) is 17.3. The topological polar surface area (TPSA) is 46.8 Å². The van der Waals surface area contributed by atoms with Crippen LogP contribution >= 0.6 is 11.6 Å². The van der Waals surface area contributed by atoms with Crippen LogP contribution in [-0.2, 0) is 11.3 Å². The van der Waals surface area contributed by atoms with Crippen LogP contribution in [0, 0.1) is 6.92 Å². The van der Waals surface area contributed by atoms with E-state index in [-0.39, 0.29) is 12.2 Å². The van der Waals surface area contributed by atoms with Crippen molar-refractivity contribution in [3.63, 3.8) is 0 Å². The lowest BCUT2D eigenvalue weighted by molar-refractivity contribution is 0.183. The molecule has 0 aliphatic carbocycles. The number of halogens is 1. The Morgan fingerprint density at radius 3 is 2.79 bits per heavy atom. The summed E-state index contributed by atoms with van der Waals surface area (Å²) in [6, 6.07) is 11.2. The van der Waals surface area contributed by atoms with Crippen LogP contribution in [0.2, 0.25) is 5.02 Å². The van der Waals surface area contributed by atoms with Crippen molar-refractivity contribution < 1.29 is 4.74 Å². The first-order chi connectivity index (χ1) is 11.5. The molecule has 5 nitrogen and oxygen atoms in total. The molecule has 24 heavy (non-hydrogen) atoms. The fraction of sp³-hybridized carbons (Fsp3) is 0.222. The van der Waals surface area contributed by atoms with Crippen LogP contribution in [0.25, 0.3) is 5.65 Å². The minimum Gasteiger partial charge on any atom is -0.380 e. The number of aromatic nitrogens is 2. The first-order valence-corrected chi connectivity index (χ1v) is 7.90. The maximum atomic E-state index is 12.9. The number of anilines is 2. The number of ether oxygens (including phenoxy) is 1. The highest BCUT2D eigenvalue weighted by Gasteiger charge is 2.18. The van der Waals surface area contributed by atoms with E-state index in [0.717, 1.165) is 11.3 Å². The van der Waals surface area contributed by atoms with Gasteiger partial charge in [-0.2, -0.15) is 0 Å². The van der Waals surface area contributed by atoms with Crippen LogP contribution in [0.1, 0.15) is 11.1 Å². The quantitative estimate of drug-likeness (QED) is 0.726. The summed E-state index contributed by atoms with van der Waals surface area (Å²) < 4.78 is 6.79. The van der Waals surface area contributed by atoms with Crippen molar-refractivity contribution in [1.29, 1.82) is 0 Å². The third-order valence-corrected chi connectivity index (χ3v) is 4.16. The van der Waals surface area contributed by atoms with Gasteiger partial charge in [0.2, 0.25) is 0 Å². The number of benzene rings is 1. The summed E-state index contributed by atoms with van der Waals surface area (Å²) in [5.41, 5.74) is 2.78. The molecular formula is C18H18ClN3O2. The lowest BCUT2D eigenvalue weighted by Gasteiger charge is -2.22. The SMILES string of the molecule is COCc1c(N(C)c2cccc(Cl)c2)nc2c(C)cccn2c1=O. The highest BCUT2D eigenvalue weighted by molar-refractivity contribution is 6.30. The Balaban J connectivity index is 2.27. The molecule has 3 aromatic rings. The molecule has 0 aliphatic rings. The standard InChI is InChI=1S/C18H18ClN3O2/c1-12-6-5-9-22-16(12)20-17(15(11-24-3)18(22)23)21(2)14-8-4-7-13(19)10-14/h4-10H,11H2,1-3H3. The Hall–Kier alpha value is -2.37. The van der Waals surface area contributed by atoms with E-state index in [2.05, 4.69) is 0 Å². The summed E-state index contributed by atoms with van der Waals surface area (Å²) in [4.78, 5) is 19.5. The summed E-state index contributed by atoms with van der Waals surface area (Å²) in [5, 5.41) is 0.626. The second-order valence-corrected chi connectivity index (χ2v) is 6.01. The molecule has 0 fully saturated rings. The Labute approximate surface area is 145 Å². The molecule has 0 saturated carbocycles. The van der Waals surface area contributed by atoms with Gasteiger partial charge in [0.25, 0.3) is 5.56 Å². The zero-order valence-corrected chi connectivity index (χ0v) is 14.5. The second kappa shape index (κ2) is 6.63. The number of hydrogen-bond acceptors (Lipinski definition) is 4. The molecule has 0 unspecified atom stereocenters. The third kappa shape index (κ3) is 2.88. The third-order valence-electron chi connectivity index (χ3n) is 3.92. The van der Waals surface area contributed by atoms with Gasteiger partial charge in [0.05, 0.1) is 12.2 Å². The van der Waals surface area contributed by atoms with Gasteiger partial charge in [0, 0.05) is 31.1 Å². The lowest BCUT2D eigenvalue weighted by Crippen LogP contribution is -2.26. The van der Waals surface area contributed by atoms with E-state index >= 15 is 0 Å². The van der Waals surface area contributed by atoms with Gasteiger partial charge in [0.15, 0.2) is 0 Å². The highest BCUT2D eigenvalue weighted by atomic mass is 35.5. The molecule has 2 aromatic heterocycles. The van der Waals surface area contributed by atoms with Crippen LogP contribution in [0.3, 0.4) is 0 Å². The number of rotatable bonds is 4. The molecule has 2 heterocycles. The molecule has 3 rings (SSSR count). The van der Waals surface area contributed by atoms with Crippen LogP contribution in [-0.4, -0.2) is 23.5 Å². The molecule has 0 saturated heterocycles. The Morgan fingerprint density at radius 1 is 1.29 bits per heavy atom. The summed E-state index contributed by atoms with van der Waals surface area (Å²) in [7, 11) is 3.43. The van der Waals surface area contributed by atoms with Crippen molar-refractivity contribution in [1.82, 2.24) is 9.38 Å². The molecule has 0 atom stereocenters. The second-order valence-electron chi connectivity index (χ2n) is 5.58. The Kier molecular flexibility index (Phi) is 4.55. The zero-order valence-electron chi connectivity index (χ0n) is 13.8. The minimum atomic E-state index is -0.130. The van der Waals surface area contributed by atoms with Crippen LogP contribution in [0.15, 0.2) is 47.4 Å². The molecule has 0 bridgehead atoms. The number of fused-ring (bicyclic) bond motifs is 1. The van der Waals surface area contributed by atoms with E-state index in [9.17, 15) is 4.79 Å². The van der Waals surface area contributed by atoms with Gasteiger partial charge in [-0.3, -0.25) is 9.20 Å². The molecule has 124 valence electrons. The molecule has 0 aliphatic heterocycles. The highest BCUT2D eigenvalue weighted by Crippen LogP contribution is 2.27. The number of nitrogens with zero attached hydrogens (tertiary/aromatic N) is 3. The number of aryl methyl sites for hydroxylation is 1. The van der Waals surface area contributed by atoms with E-state index in [0.29, 0.717) is 22.1 Å². The number of pyridine rings is 1. The monoisotopic (exact) mass is 343 g/mol. The van der Waals surface area contributed by atoms with Gasteiger partial charge in [-0.05, 0) is 36.8 Å². The first-order valence-electron chi connectivity index (χ1n) is 7.52. The van der Waals surface area contributed by atoms with Crippen LogP contribution in [0.4, 0.5) is 11.5 Å². The van der Waals surface area contributed by atoms with E-state index in [1.165, 1.54) is 0 Å². The van der Waals surface area contributed by atoms with Gasteiger partial charge >= 0.3 is 0 Å². The molecule has 0 N–H and O–H groups in total. The van der Waals surface area contributed by atoms with E-state index in [1.807, 2.05) is 55.3 Å². The largest absolute Gasteiger partial charge is 0.380 e. The van der Waals surface area contributed by atoms with Crippen LogP contribution in [0.5, 0.6) is 0 Å². The summed E-state index contributed by atoms with van der Waals surface area (Å²) in [6.45, 7) is 2.11. The minimum absolute atomic E-state index is 0.130. The van der Waals surface area contributed by atoms with Crippen LogP contribution < -0.4 is 10.5 Å². The summed E-state index contributed by atoms with van der Waals surface area (Å²) in [5.74, 6) is 0.568. The van der Waals surface area contributed by atoms with Crippen molar-refractivity contribution in [2.75, 3.05) is 19.1 Å². The van der Waals surface area contributed by atoms with Crippen molar-refractivity contribution >= 4 is 28.8 Å². The molecule has 1 aromatic carbocycles. The fourth-order valence-electron chi connectivity index (χ4n) is 2.68. The van der Waals surface area contributed by atoms with E-state index < -0.39 is 0 Å². The Morgan fingerprint density at radius 2 is 2.08 bits per heavy atom. The van der Waals surface area contributed by atoms with E-state index in [4.69, 9.17) is 21.3 Å². The summed E-state index contributed by atoms with van der Waals surface area (Å²) >= 11 is 6.09. The van der Waals surface area contributed by atoms with Gasteiger partial charge in [-0.25, -0.2) is 4.98 Å². The number of hydrogen-bond donors (Lipinski definition) is 0. The van der Waals surface area contributed by atoms with Gasteiger partial charge in [-0.15, -0.1) is 0 Å². The van der Waals surface area contributed by atoms with Crippen molar-refractivity contribution in [2.24, 2.45) is 0 Å². The Bertz CT molecular complexity index is 953. The van der Waals surface area contributed by atoms with Crippen molar-refractivity contribution in [3.8, 4) is 0 Å². The maximum Gasteiger partial charge on any atom is 0.265 e. The lowest BCUT2D eigenvalue weighted by atomic mass is 10.2. The molecule has 0 amide bonds. The predicted octanol–water partition coefficient (Wildman–Crippen LogP) is 3.57. The fourth-order valence-corrected chi connectivity index (χ4v) is 2.86. The average molecular weight is 344 g/mol. The maximum absolute atomic E-state index is 12.9. The molecular weight excluding hydrogens is 326 g/mol. The molecule has 0 radical (unpaired) electrons. The van der Waals surface area contributed by atoms with E-state index in [1.54, 1.807) is 17.7 Å². The number of methoxy groups -OCH3 is 1. The predicted molar refractivity (Wildman–Crippen MR) is 96.4 cm³/mol. The van der Waals surface area contributed by atoms with Gasteiger partial charge in [-0.1, -0.05) is 23.7 Å².